The summed E-state index contributed by atoms with van der Waals surface area (Å²) < 4.78 is 10.4. The van der Waals surface area contributed by atoms with Gasteiger partial charge in [-0.05, 0) is 50.2 Å². The molecule has 21 heavy (non-hydrogen) atoms. The van der Waals surface area contributed by atoms with Gasteiger partial charge in [0.15, 0.2) is 12.4 Å². The molecule has 0 N–H and O–H groups in total. The van der Waals surface area contributed by atoms with E-state index in [4.69, 9.17) is 9.47 Å². The maximum Gasteiger partial charge on any atom is 0.349 e. The van der Waals surface area contributed by atoms with E-state index in [1.165, 1.54) is 6.92 Å². The summed E-state index contributed by atoms with van der Waals surface area (Å²) in [6.45, 7) is 3.29. The van der Waals surface area contributed by atoms with Gasteiger partial charge in [-0.1, -0.05) is 17.7 Å². The minimum Gasteiger partial charge on any atom is -0.482 e. The van der Waals surface area contributed by atoms with E-state index < -0.39 is 5.97 Å². The van der Waals surface area contributed by atoms with Crippen LogP contribution in [0, 0.1) is 6.92 Å². The van der Waals surface area contributed by atoms with E-state index in [1.807, 2.05) is 19.1 Å². The number of ether oxygens (including phenoxy) is 2. The highest BCUT2D eigenvalue weighted by molar-refractivity contribution is 5.94. The van der Waals surface area contributed by atoms with Crippen molar-refractivity contribution in [1.82, 2.24) is 0 Å². The monoisotopic (exact) mass is 284 g/mol. The van der Waals surface area contributed by atoms with Gasteiger partial charge in [0.25, 0.3) is 0 Å². The molecule has 0 atom stereocenters. The highest BCUT2D eigenvalue weighted by atomic mass is 16.6. The Labute approximate surface area is 123 Å². The summed E-state index contributed by atoms with van der Waals surface area (Å²) in [6, 6.07) is 13.8. The van der Waals surface area contributed by atoms with Gasteiger partial charge >= 0.3 is 5.97 Å². The maximum atomic E-state index is 11.7. The minimum absolute atomic E-state index is 0.0319. The third-order valence-electron chi connectivity index (χ3n) is 2.87. The standard InChI is InChI=1S/C17H16O4/c1-12-3-7-15(8-4-12)20-11-17(19)21-16-9-5-14(6-10-16)13(2)18/h3-10H,11H2,1-2H3. The van der Waals surface area contributed by atoms with Crippen molar-refractivity contribution in [1.29, 1.82) is 0 Å². The van der Waals surface area contributed by atoms with E-state index >= 15 is 0 Å². The summed E-state index contributed by atoms with van der Waals surface area (Å²) in [5.74, 6) is 0.476. The molecule has 2 aromatic carbocycles. The smallest absolute Gasteiger partial charge is 0.349 e. The summed E-state index contributed by atoms with van der Waals surface area (Å²) in [5.41, 5.74) is 1.70. The lowest BCUT2D eigenvalue weighted by Crippen LogP contribution is -2.17. The van der Waals surface area contributed by atoms with E-state index in [-0.39, 0.29) is 12.4 Å². The second-order valence-electron chi connectivity index (χ2n) is 4.66. The topological polar surface area (TPSA) is 52.6 Å². The summed E-state index contributed by atoms with van der Waals surface area (Å²) in [6.07, 6.45) is 0. The molecule has 0 spiro atoms. The summed E-state index contributed by atoms with van der Waals surface area (Å²) in [5, 5.41) is 0. The number of Topliss-reactive ketones (excluding diaryl/α,β-unsaturated/α-hetero) is 1. The Morgan fingerprint density at radius 1 is 0.905 bits per heavy atom. The molecule has 0 amide bonds. The largest absolute Gasteiger partial charge is 0.482 e. The lowest BCUT2D eigenvalue weighted by molar-refractivity contribution is -0.136. The van der Waals surface area contributed by atoms with Gasteiger partial charge in [0, 0.05) is 5.56 Å². The molecule has 0 radical (unpaired) electrons. The highest BCUT2D eigenvalue weighted by Gasteiger charge is 2.07. The van der Waals surface area contributed by atoms with Crippen LogP contribution in [-0.4, -0.2) is 18.4 Å². The average Bonchev–Trinajstić information content (AvgIpc) is 2.47. The van der Waals surface area contributed by atoms with Crippen LogP contribution >= 0.6 is 0 Å². The lowest BCUT2D eigenvalue weighted by Gasteiger charge is -2.07. The van der Waals surface area contributed by atoms with E-state index in [1.54, 1.807) is 36.4 Å². The average molecular weight is 284 g/mol. The molecule has 108 valence electrons. The van der Waals surface area contributed by atoms with E-state index in [0.717, 1.165) is 5.56 Å². The Morgan fingerprint density at radius 3 is 2.05 bits per heavy atom. The van der Waals surface area contributed by atoms with Gasteiger partial charge in [0.05, 0.1) is 0 Å². The molecule has 0 heterocycles. The Bertz CT molecular complexity index is 627. The molecule has 4 heteroatoms. The number of carbonyl (C=O) groups excluding carboxylic acids is 2. The number of aryl methyl sites for hydroxylation is 1. The van der Waals surface area contributed by atoms with Gasteiger partial charge in [0.1, 0.15) is 11.5 Å². The SMILES string of the molecule is CC(=O)c1ccc(OC(=O)COc2ccc(C)cc2)cc1. The Kier molecular flexibility index (Phi) is 4.72. The van der Waals surface area contributed by atoms with Crippen molar-refractivity contribution < 1.29 is 19.1 Å². The second-order valence-corrected chi connectivity index (χ2v) is 4.66. The van der Waals surface area contributed by atoms with Crippen LogP contribution in [0.1, 0.15) is 22.8 Å². The maximum absolute atomic E-state index is 11.7. The fourth-order valence-electron chi connectivity index (χ4n) is 1.70. The molecule has 0 unspecified atom stereocenters. The number of carbonyl (C=O) groups is 2. The predicted octanol–water partition coefficient (Wildman–Crippen LogP) is 3.18. The number of esters is 1. The van der Waals surface area contributed by atoms with Gasteiger partial charge in [-0.2, -0.15) is 0 Å². The molecule has 0 aliphatic rings. The number of ketones is 1. The Hall–Kier alpha value is -2.62. The zero-order chi connectivity index (χ0) is 15.2. The summed E-state index contributed by atoms with van der Waals surface area (Å²) in [7, 11) is 0. The molecule has 4 nitrogen and oxygen atoms in total. The molecular weight excluding hydrogens is 268 g/mol. The molecule has 0 saturated heterocycles. The van der Waals surface area contributed by atoms with Gasteiger partial charge < -0.3 is 9.47 Å². The van der Waals surface area contributed by atoms with E-state index in [9.17, 15) is 9.59 Å². The van der Waals surface area contributed by atoms with Crippen LogP contribution in [0.2, 0.25) is 0 Å². The van der Waals surface area contributed by atoms with Crippen molar-refractivity contribution in [3.63, 3.8) is 0 Å². The fourth-order valence-corrected chi connectivity index (χ4v) is 1.70. The van der Waals surface area contributed by atoms with Crippen LogP contribution < -0.4 is 9.47 Å². The van der Waals surface area contributed by atoms with Gasteiger partial charge in [-0.25, -0.2) is 4.79 Å². The molecule has 0 bridgehead atoms. The van der Waals surface area contributed by atoms with Gasteiger partial charge in [-0.3, -0.25) is 4.79 Å². The third kappa shape index (κ3) is 4.45. The molecule has 0 aliphatic heterocycles. The predicted molar refractivity (Wildman–Crippen MR) is 78.8 cm³/mol. The highest BCUT2D eigenvalue weighted by Crippen LogP contribution is 2.14. The fraction of sp³-hybridized carbons (Fsp3) is 0.176. The first-order valence-electron chi connectivity index (χ1n) is 6.56. The van der Waals surface area contributed by atoms with Crippen LogP contribution in [0.3, 0.4) is 0 Å². The molecule has 0 aliphatic carbocycles. The summed E-state index contributed by atoms with van der Waals surface area (Å²) in [4.78, 5) is 22.8. The zero-order valence-electron chi connectivity index (χ0n) is 12.0. The molecule has 2 aromatic rings. The molecule has 2 rings (SSSR count). The zero-order valence-corrected chi connectivity index (χ0v) is 12.0. The molecule has 0 fully saturated rings. The minimum atomic E-state index is -0.494. The van der Waals surface area contributed by atoms with E-state index in [2.05, 4.69) is 0 Å². The van der Waals surface area contributed by atoms with Gasteiger partial charge in [0.2, 0.25) is 0 Å². The Morgan fingerprint density at radius 2 is 1.48 bits per heavy atom. The van der Waals surface area contributed by atoms with Crippen LogP contribution in [0.25, 0.3) is 0 Å². The normalized spacial score (nSPS) is 10.0. The van der Waals surface area contributed by atoms with Crippen molar-refractivity contribution in [2.24, 2.45) is 0 Å². The molecule has 0 aromatic heterocycles. The number of hydrogen-bond acceptors (Lipinski definition) is 4. The first-order chi connectivity index (χ1) is 10.0. The van der Waals surface area contributed by atoms with Crippen LogP contribution in [0.15, 0.2) is 48.5 Å². The van der Waals surface area contributed by atoms with Crippen LogP contribution in [0.5, 0.6) is 11.5 Å². The van der Waals surface area contributed by atoms with Crippen LogP contribution in [0.4, 0.5) is 0 Å². The first kappa shape index (κ1) is 14.8. The molecular formula is C17H16O4. The van der Waals surface area contributed by atoms with Gasteiger partial charge in [-0.15, -0.1) is 0 Å². The van der Waals surface area contributed by atoms with Crippen molar-refractivity contribution in [2.75, 3.05) is 6.61 Å². The number of hydrogen-bond donors (Lipinski definition) is 0. The van der Waals surface area contributed by atoms with Crippen molar-refractivity contribution in [3.05, 3.63) is 59.7 Å². The lowest BCUT2D eigenvalue weighted by atomic mass is 10.1. The molecule has 0 saturated carbocycles. The Balaban J connectivity index is 1.86. The van der Waals surface area contributed by atoms with Crippen molar-refractivity contribution >= 4 is 11.8 Å². The number of benzene rings is 2. The van der Waals surface area contributed by atoms with Crippen molar-refractivity contribution in [2.45, 2.75) is 13.8 Å². The van der Waals surface area contributed by atoms with Crippen LogP contribution in [-0.2, 0) is 4.79 Å². The third-order valence-corrected chi connectivity index (χ3v) is 2.87. The van der Waals surface area contributed by atoms with Crippen molar-refractivity contribution in [3.8, 4) is 11.5 Å². The summed E-state index contributed by atoms with van der Waals surface area (Å²) >= 11 is 0. The number of rotatable bonds is 5. The second kappa shape index (κ2) is 6.70. The quantitative estimate of drug-likeness (QED) is 0.481. The van der Waals surface area contributed by atoms with E-state index in [0.29, 0.717) is 17.1 Å². The first-order valence-corrected chi connectivity index (χ1v) is 6.56.